The molecule has 28 nitrogen and oxygen atoms in total. The predicted octanol–water partition coefficient (Wildman–Crippen LogP) is -10.8. The predicted molar refractivity (Wildman–Crippen MR) is 237 cm³/mol. The minimum absolute atomic E-state index is 0.00325. The third kappa shape index (κ3) is 13.7. The fourth-order valence-electron chi connectivity index (χ4n) is 9.08. The first-order valence-electron chi connectivity index (χ1n) is 23.2. The van der Waals surface area contributed by atoms with E-state index in [1.54, 1.807) is 0 Å². The fraction of sp³-hybridized carbons (Fsp3) is 0.951. The lowest BCUT2D eigenvalue weighted by Gasteiger charge is -2.49. The molecule has 0 saturated carbocycles. The van der Waals surface area contributed by atoms with Crippen LogP contribution in [0.1, 0.15) is 6.92 Å². The largest absolute Gasteiger partial charge is 0.394 e. The molecule has 414 valence electrons. The van der Waals surface area contributed by atoms with Gasteiger partial charge in [0.15, 0.2) is 18.9 Å². The number of rotatable bonds is 21. The number of hydrogen-bond donors (Lipinski definition) is 19. The standard InChI is InChI=1S/C41H71NO27S2/c1-13-21(42-15-6-14(7-43)22(48)27(53)23(15)49)26(52)31(57)38(63-13)68-36-18(9-45)64-40(33(59)29(36)55)69-37-19(10-46)66-41(34(60)30(37)56)71-5-3-61-2-4-70-12-20-25(51)28(54)32(58)39(65-20)67-35-17(8-44)62-11-16(47)24(35)50/h6,13,15-60H,2-5,7-12H2,1H3/t13?,15-,16?,17?,18?,19?,20?,21+,22+,23+,24-,25+,26+,27?,28+,29-,30-,31?,32?,33?,34?,35+,36+,37+,38+,39+,40+,41+/m1/s1. The summed E-state index contributed by atoms with van der Waals surface area (Å²) in [5.41, 5.74) is -1.11. The Kier molecular flexibility index (Phi) is 22.7. The zero-order valence-corrected chi connectivity index (χ0v) is 40.0. The SMILES string of the molecule is CC1O[C@@H](O[C@H]2C(CO)O[C@@H](O[C@H]3C(CO)O[C@@H](SCCOCCSCC4O[C@@H](O[C@H]5C(CO)OCC(O)[C@H]5O)C(O)[C@@H](O)[C@H]4O)C(O)[C@H]3O)C(O)[C@H]2O)C(O)[C@@H](O)[C@H]1N[C@@H]1C=C(CO)[C@H](O)C(O)[C@H]1O. The summed E-state index contributed by atoms with van der Waals surface area (Å²) in [7, 11) is 0. The lowest BCUT2D eigenvalue weighted by Crippen LogP contribution is -2.68. The van der Waals surface area contributed by atoms with Crippen LogP contribution in [0.25, 0.3) is 0 Å². The molecule has 71 heavy (non-hydrogen) atoms. The molecular formula is C41H71NO27S2. The van der Waals surface area contributed by atoms with Crippen molar-refractivity contribution in [3.05, 3.63) is 11.6 Å². The Balaban J connectivity index is 0.926. The van der Waals surface area contributed by atoms with Crippen LogP contribution >= 0.6 is 23.5 Å². The van der Waals surface area contributed by atoms with Crippen molar-refractivity contribution >= 4 is 23.5 Å². The first kappa shape index (κ1) is 59.6. The molecule has 6 aliphatic rings. The molecule has 0 bridgehead atoms. The normalized spacial score (nSPS) is 48.9. The molecule has 1 aliphatic carbocycles. The van der Waals surface area contributed by atoms with Crippen molar-refractivity contribution < 1.29 is 135 Å². The number of aliphatic hydroxyl groups is 18. The highest BCUT2D eigenvalue weighted by Crippen LogP contribution is 2.35. The maximum atomic E-state index is 11.2. The molecule has 5 fully saturated rings. The van der Waals surface area contributed by atoms with E-state index in [1.165, 1.54) is 24.8 Å². The Labute approximate surface area is 415 Å². The minimum atomic E-state index is -1.98. The van der Waals surface area contributed by atoms with Crippen molar-refractivity contribution in [1.29, 1.82) is 0 Å². The summed E-state index contributed by atoms with van der Waals surface area (Å²) < 4.78 is 51.1. The average Bonchev–Trinajstić information content (AvgIpc) is 3.36. The molecule has 5 heterocycles. The average molecular weight is 1070 g/mol. The summed E-state index contributed by atoms with van der Waals surface area (Å²) in [5, 5.41) is 192. The molecule has 5 saturated heterocycles. The third-order valence-corrected chi connectivity index (χ3v) is 15.5. The van der Waals surface area contributed by atoms with Gasteiger partial charge in [0, 0.05) is 17.3 Å². The van der Waals surface area contributed by atoms with Crippen LogP contribution in [0, 0.1) is 0 Å². The summed E-state index contributed by atoms with van der Waals surface area (Å²) in [6.45, 7) is -1.32. The van der Waals surface area contributed by atoms with E-state index in [9.17, 15) is 91.9 Å². The quantitative estimate of drug-likeness (QED) is 0.0375. The minimum Gasteiger partial charge on any atom is -0.394 e. The lowest BCUT2D eigenvalue weighted by atomic mass is 9.86. The molecule has 0 aromatic rings. The first-order chi connectivity index (χ1) is 33.8. The van der Waals surface area contributed by atoms with Gasteiger partial charge in [0.05, 0.1) is 70.5 Å². The topological polar surface area (TPSA) is 459 Å². The lowest BCUT2D eigenvalue weighted by molar-refractivity contribution is -0.366. The van der Waals surface area contributed by atoms with E-state index >= 15 is 0 Å². The molecule has 19 N–H and O–H groups in total. The molecule has 0 amide bonds. The van der Waals surface area contributed by atoms with E-state index in [-0.39, 0.29) is 36.9 Å². The van der Waals surface area contributed by atoms with Crippen LogP contribution in [-0.2, 0) is 42.6 Å². The van der Waals surface area contributed by atoms with Crippen molar-refractivity contribution in [2.24, 2.45) is 0 Å². The summed E-state index contributed by atoms with van der Waals surface area (Å²) in [6, 6.07) is -2.24. The maximum Gasteiger partial charge on any atom is 0.187 e. The van der Waals surface area contributed by atoms with E-state index in [0.29, 0.717) is 5.75 Å². The van der Waals surface area contributed by atoms with Crippen LogP contribution in [-0.4, -0.2) is 326 Å². The molecule has 11 unspecified atom stereocenters. The molecule has 0 radical (unpaired) electrons. The second-order valence-electron chi connectivity index (χ2n) is 18.1. The van der Waals surface area contributed by atoms with Gasteiger partial charge in [-0.15, -0.1) is 11.8 Å². The van der Waals surface area contributed by atoms with Crippen LogP contribution in [0.5, 0.6) is 0 Å². The maximum absolute atomic E-state index is 11.2. The van der Waals surface area contributed by atoms with Crippen LogP contribution in [0.4, 0.5) is 0 Å². The van der Waals surface area contributed by atoms with Gasteiger partial charge in [-0.05, 0) is 12.5 Å². The van der Waals surface area contributed by atoms with E-state index in [0.717, 1.165) is 11.8 Å². The van der Waals surface area contributed by atoms with E-state index in [1.807, 2.05) is 0 Å². The van der Waals surface area contributed by atoms with Crippen LogP contribution in [0.15, 0.2) is 11.6 Å². The molecule has 0 aromatic heterocycles. The highest BCUT2D eigenvalue weighted by molar-refractivity contribution is 7.99. The van der Waals surface area contributed by atoms with Crippen molar-refractivity contribution in [2.45, 2.75) is 178 Å². The van der Waals surface area contributed by atoms with Gasteiger partial charge in [-0.25, -0.2) is 0 Å². The van der Waals surface area contributed by atoms with Crippen LogP contribution in [0.3, 0.4) is 0 Å². The summed E-state index contributed by atoms with van der Waals surface area (Å²) in [5.74, 6) is 0.695. The number of nitrogens with one attached hydrogen (secondary N) is 1. The fourth-order valence-corrected chi connectivity index (χ4v) is 11.0. The van der Waals surface area contributed by atoms with E-state index < -0.39 is 197 Å². The Morgan fingerprint density at radius 1 is 0.549 bits per heavy atom. The number of thioether (sulfide) groups is 2. The summed E-state index contributed by atoms with van der Waals surface area (Å²) in [6.07, 6.45) is -37.6. The highest BCUT2D eigenvalue weighted by atomic mass is 32.2. The summed E-state index contributed by atoms with van der Waals surface area (Å²) in [4.78, 5) is 0. The Morgan fingerprint density at radius 3 is 1.70 bits per heavy atom. The Bertz CT molecular complexity index is 1630. The van der Waals surface area contributed by atoms with Gasteiger partial charge < -0.3 is 140 Å². The first-order valence-corrected chi connectivity index (χ1v) is 25.4. The zero-order valence-electron chi connectivity index (χ0n) is 38.4. The smallest absolute Gasteiger partial charge is 0.187 e. The van der Waals surface area contributed by atoms with Gasteiger partial charge in [-0.2, -0.15) is 11.8 Å². The molecule has 0 aromatic carbocycles. The molecular weight excluding hydrogens is 1000 g/mol. The van der Waals surface area contributed by atoms with E-state index in [2.05, 4.69) is 5.32 Å². The van der Waals surface area contributed by atoms with Crippen molar-refractivity contribution in [1.82, 2.24) is 5.32 Å². The van der Waals surface area contributed by atoms with Crippen LogP contribution < -0.4 is 5.32 Å². The van der Waals surface area contributed by atoms with Gasteiger partial charge >= 0.3 is 0 Å². The molecule has 28 atom stereocenters. The van der Waals surface area contributed by atoms with Gasteiger partial charge in [0.1, 0.15) is 128 Å². The Hall–Kier alpha value is -0.680. The number of ether oxygens (including phenoxy) is 9. The molecule has 5 aliphatic heterocycles. The van der Waals surface area contributed by atoms with Gasteiger partial charge in [0.2, 0.25) is 0 Å². The summed E-state index contributed by atoms with van der Waals surface area (Å²) >= 11 is 2.30. The van der Waals surface area contributed by atoms with Crippen molar-refractivity contribution in [2.75, 3.05) is 63.5 Å². The molecule has 30 heteroatoms. The number of hydrogen-bond acceptors (Lipinski definition) is 30. The number of aliphatic hydroxyl groups excluding tert-OH is 18. The van der Waals surface area contributed by atoms with Crippen molar-refractivity contribution in [3.63, 3.8) is 0 Å². The second-order valence-corrected chi connectivity index (χ2v) is 20.5. The molecule has 0 spiro atoms. The highest BCUT2D eigenvalue weighted by Gasteiger charge is 2.54. The Morgan fingerprint density at radius 2 is 1.08 bits per heavy atom. The van der Waals surface area contributed by atoms with Crippen molar-refractivity contribution in [3.8, 4) is 0 Å². The van der Waals surface area contributed by atoms with E-state index in [4.69, 9.17) is 42.6 Å². The third-order valence-electron chi connectivity index (χ3n) is 13.3. The van der Waals surface area contributed by atoms with Gasteiger partial charge in [0.25, 0.3) is 0 Å². The second kappa shape index (κ2) is 27.1. The molecule has 6 rings (SSSR count). The van der Waals surface area contributed by atoms with Gasteiger partial charge in [-0.3, -0.25) is 0 Å². The van der Waals surface area contributed by atoms with Crippen LogP contribution in [0.2, 0.25) is 0 Å². The zero-order chi connectivity index (χ0) is 52.0. The van der Waals surface area contributed by atoms with Gasteiger partial charge in [-0.1, -0.05) is 6.08 Å². The monoisotopic (exact) mass is 1070 g/mol.